The monoisotopic (exact) mass is 309 g/mol. The van der Waals surface area contributed by atoms with Crippen LogP contribution in [0, 0.1) is 5.92 Å². The largest absolute Gasteiger partial charge is 0.370 e. The van der Waals surface area contributed by atoms with Crippen molar-refractivity contribution >= 4 is 23.3 Å². The first-order valence-corrected chi connectivity index (χ1v) is 8.07. The molecule has 2 atom stereocenters. The van der Waals surface area contributed by atoms with Crippen LogP contribution in [0.25, 0.3) is 0 Å². The molecule has 5 heteroatoms. The van der Waals surface area contributed by atoms with E-state index in [4.69, 9.17) is 11.6 Å². The molecule has 1 fully saturated rings. The van der Waals surface area contributed by atoms with Crippen LogP contribution in [0.1, 0.15) is 49.9 Å². The Kier molecular flexibility index (Phi) is 5.45. The second kappa shape index (κ2) is 7.12. The Morgan fingerprint density at radius 1 is 1.48 bits per heavy atom. The second-order valence-electron chi connectivity index (χ2n) is 5.94. The van der Waals surface area contributed by atoms with Gasteiger partial charge in [-0.3, -0.25) is 4.79 Å². The molecule has 0 radical (unpaired) electrons. The number of anilines is 1. The van der Waals surface area contributed by atoms with Gasteiger partial charge in [0.2, 0.25) is 0 Å². The molecule has 4 nitrogen and oxygen atoms in total. The van der Waals surface area contributed by atoms with Crippen LogP contribution in [0.4, 0.5) is 5.82 Å². The fraction of sp³-hybridized carbons (Fsp3) is 0.625. The molecule has 1 aliphatic rings. The van der Waals surface area contributed by atoms with Gasteiger partial charge in [-0.15, -0.1) is 0 Å². The Labute approximate surface area is 131 Å². The normalized spacial score (nSPS) is 21.9. The van der Waals surface area contributed by atoms with Crippen molar-refractivity contribution in [3.63, 3.8) is 0 Å². The number of carbonyl (C=O) groups excluding carboxylic acids is 1. The molecular weight excluding hydrogens is 286 g/mol. The van der Waals surface area contributed by atoms with E-state index < -0.39 is 0 Å². The number of hydrogen-bond acceptors (Lipinski definition) is 3. The van der Waals surface area contributed by atoms with Gasteiger partial charge in [0.25, 0.3) is 5.91 Å². The lowest BCUT2D eigenvalue weighted by Crippen LogP contribution is -2.39. The molecule has 0 aliphatic heterocycles. The molecule has 0 spiro atoms. The molecule has 1 saturated carbocycles. The van der Waals surface area contributed by atoms with Crippen LogP contribution >= 0.6 is 11.6 Å². The third-order valence-corrected chi connectivity index (χ3v) is 4.37. The number of rotatable bonds is 4. The summed E-state index contributed by atoms with van der Waals surface area (Å²) in [5.41, 5.74) is 0.603. The van der Waals surface area contributed by atoms with Crippen LogP contribution in [-0.4, -0.2) is 35.4 Å². The van der Waals surface area contributed by atoms with Gasteiger partial charge >= 0.3 is 0 Å². The zero-order valence-electron chi connectivity index (χ0n) is 13.0. The SMILES string of the molecule is CCNc1cc(C(=O)N(C)C2CCCC(C)C2)cc(Cl)n1. The van der Waals surface area contributed by atoms with Crippen molar-refractivity contribution in [2.75, 3.05) is 18.9 Å². The molecule has 0 saturated heterocycles. The average Bonchev–Trinajstić information content (AvgIpc) is 2.45. The van der Waals surface area contributed by atoms with Gasteiger partial charge < -0.3 is 10.2 Å². The van der Waals surface area contributed by atoms with Crippen molar-refractivity contribution in [1.29, 1.82) is 0 Å². The Morgan fingerprint density at radius 3 is 2.90 bits per heavy atom. The number of halogens is 1. The summed E-state index contributed by atoms with van der Waals surface area (Å²) in [6, 6.07) is 3.75. The third-order valence-electron chi connectivity index (χ3n) is 4.18. The van der Waals surface area contributed by atoms with E-state index in [2.05, 4.69) is 17.2 Å². The van der Waals surface area contributed by atoms with E-state index >= 15 is 0 Å². The summed E-state index contributed by atoms with van der Waals surface area (Å²) in [6.45, 7) is 4.99. The van der Waals surface area contributed by atoms with Crippen LogP contribution in [0.5, 0.6) is 0 Å². The van der Waals surface area contributed by atoms with E-state index in [0.29, 0.717) is 28.5 Å². The summed E-state index contributed by atoms with van der Waals surface area (Å²) in [7, 11) is 1.90. The zero-order valence-corrected chi connectivity index (χ0v) is 13.8. The summed E-state index contributed by atoms with van der Waals surface area (Å²) < 4.78 is 0. The summed E-state index contributed by atoms with van der Waals surface area (Å²) in [5.74, 6) is 1.37. The van der Waals surface area contributed by atoms with Crippen molar-refractivity contribution in [2.45, 2.75) is 45.6 Å². The highest BCUT2D eigenvalue weighted by atomic mass is 35.5. The molecule has 116 valence electrons. The van der Waals surface area contributed by atoms with Crippen LogP contribution in [0.2, 0.25) is 5.15 Å². The van der Waals surface area contributed by atoms with Crippen molar-refractivity contribution in [2.24, 2.45) is 5.92 Å². The van der Waals surface area contributed by atoms with Gasteiger partial charge in [0.15, 0.2) is 0 Å². The fourth-order valence-corrected chi connectivity index (χ4v) is 3.22. The highest BCUT2D eigenvalue weighted by Gasteiger charge is 2.26. The molecule has 1 N–H and O–H groups in total. The summed E-state index contributed by atoms with van der Waals surface area (Å²) in [5, 5.41) is 3.45. The first kappa shape index (κ1) is 16.1. The molecule has 2 unspecified atom stereocenters. The molecule has 1 heterocycles. The Morgan fingerprint density at radius 2 is 2.24 bits per heavy atom. The van der Waals surface area contributed by atoms with E-state index in [-0.39, 0.29) is 5.91 Å². The van der Waals surface area contributed by atoms with Gasteiger partial charge in [0.1, 0.15) is 11.0 Å². The maximum Gasteiger partial charge on any atom is 0.254 e. The first-order chi connectivity index (χ1) is 10.0. The highest BCUT2D eigenvalue weighted by Crippen LogP contribution is 2.28. The summed E-state index contributed by atoms with van der Waals surface area (Å²) in [6.07, 6.45) is 4.64. The second-order valence-corrected chi connectivity index (χ2v) is 6.32. The number of amides is 1. The molecule has 1 amide bonds. The lowest BCUT2D eigenvalue weighted by molar-refractivity contribution is 0.0672. The minimum atomic E-state index is 0.0255. The smallest absolute Gasteiger partial charge is 0.254 e. The van der Waals surface area contributed by atoms with E-state index in [1.54, 1.807) is 12.1 Å². The fourth-order valence-electron chi connectivity index (χ4n) is 3.02. The van der Waals surface area contributed by atoms with Gasteiger partial charge in [-0.2, -0.15) is 0 Å². The van der Waals surface area contributed by atoms with Crippen LogP contribution < -0.4 is 5.32 Å². The minimum Gasteiger partial charge on any atom is -0.370 e. The molecule has 0 aromatic carbocycles. The van der Waals surface area contributed by atoms with Crippen LogP contribution in [0.3, 0.4) is 0 Å². The van der Waals surface area contributed by atoms with Crippen molar-refractivity contribution in [1.82, 2.24) is 9.88 Å². The van der Waals surface area contributed by atoms with E-state index in [9.17, 15) is 4.79 Å². The Hall–Kier alpha value is -1.29. The quantitative estimate of drug-likeness (QED) is 0.860. The number of carbonyl (C=O) groups is 1. The minimum absolute atomic E-state index is 0.0255. The van der Waals surface area contributed by atoms with E-state index in [1.165, 1.54) is 12.8 Å². The molecule has 1 aliphatic carbocycles. The number of aromatic nitrogens is 1. The van der Waals surface area contributed by atoms with E-state index in [0.717, 1.165) is 19.4 Å². The van der Waals surface area contributed by atoms with E-state index in [1.807, 2.05) is 18.9 Å². The van der Waals surface area contributed by atoms with Crippen LogP contribution in [-0.2, 0) is 0 Å². The average molecular weight is 310 g/mol. The molecule has 1 aromatic heterocycles. The first-order valence-electron chi connectivity index (χ1n) is 7.70. The number of nitrogens with zero attached hydrogens (tertiary/aromatic N) is 2. The molecule has 2 rings (SSSR count). The predicted molar refractivity (Wildman–Crippen MR) is 86.9 cm³/mol. The Balaban J connectivity index is 2.14. The van der Waals surface area contributed by atoms with Crippen molar-refractivity contribution < 1.29 is 4.79 Å². The van der Waals surface area contributed by atoms with Gasteiger partial charge in [-0.05, 0) is 37.8 Å². The maximum atomic E-state index is 12.7. The van der Waals surface area contributed by atoms with Gasteiger partial charge in [-0.25, -0.2) is 4.98 Å². The molecule has 0 bridgehead atoms. The predicted octanol–water partition coefficient (Wildman–Crippen LogP) is 3.82. The number of nitrogens with one attached hydrogen (secondary N) is 1. The summed E-state index contributed by atoms with van der Waals surface area (Å²) in [4.78, 5) is 18.7. The molecular formula is C16H24ClN3O. The van der Waals surface area contributed by atoms with Gasteiger partial charge in [0, 0.05) is 25.2 Å². The standard InChI is InChI=1S/C16H24ClN3O/c1-4-18-15-10-12(9-14(17)19-15)16(21)20(3)13-7-5-6-11(2)8-13/h9-11,13H,4-8H2,1-3H3,(H,18,19). The Bertz CT molecular complexity index is 506. The summed E-state index contributed by atoms with van der Waals surface area (Å²) >= 11 is 6.02. The maximum absolute atomic E-state index is 12.7. The van der Waals surface area contributed by atoms with Gasteiger partial charge in [-0.1, -0.05) is 31.4 Å². The molecule has 21 heavy (non-hydrogen) atoms. The zero-order chi connectivity index (χ0) is 15.4. The molecule has 1 aromatic rings. The van der Waals surface area contributed by atoms with Crippen molar-refractivity contribution in [3.05, 3.63) is 22.8 Å². The van der Waals surface area contributed by atoms with Gasteiger partial charge in [0.05, 0.1) is 0 Å². The lowest BCUT2D eigenvalue weighted by atomic mass is 9.86. The number of hydrogen-bond donors (Lipinski definition) is 1. The van der Waals surface area contributed by atoms with Crippen LogP contribution in [0.15, 0.2) is 12.1 Å². The lowest BCUT2D eigenvalue weighted by Gasteiger charge is -2.34. The van der Waals surface area contributed by atoms with Crippen molar-refractivity contribution in [3.8, 4) is 0 Å². The topological polar surface area (TPSA) is 45.2 Å². The third kappa shape index (κ3) is 4.10. The number of pyridine rings is 1. The highest BCUT2D eigenvalue weighted by molar-refractivity contribution is 6.29.